The predicted octanol–water partition coefficient (Wildman–Crippen LogP) is 3.39. The summed E-state index contributed by atoms with van der Waals surface area (Å²) in [5.41, 5.74) is -1.13. The first-order valence-electron chi connectivity index (χ1n) is 9.45. The van der Waals surface area contributed by atoms with Crippen LogP contribution in [0.4, 0.5) is 23.7 Å². The van der Waals surface area contributed by atoms with E-state index in [1.165, 1.54) is 24.9 Å². The van der Waals surface area contributed by atoms with Crippen molar-refractivity contribution in [1.29, 1.82) is 0 Å². The van der Waals surface area contributed by atoms with Crippen LogP contribution >= 0.6 is 11.6 Å². The molecule has 30 heavy (non-hydrogen) atoms. The lowest BCUT2D eigenvalue weighted by atomic mass is 10.2. The summed E-state index contributed by atoms with van der Waals surface area (Å²) in [7, 11) is 1.49. The molecule has 0 aromatic heterocycles. The lowest BCUT2D eigenvalue weighted by Gasteiger charge is -2.23. The van der Waals surface area contributed by atoms with Crippen molar-refractivity contribution >= 4 is 35.1 Å². The van der Waals surface area contributed by atoms with E-state index in [9.17, 15) is 27.6 Å². The van der Waals surface area contributed by atoms with Gasteiger partial charge in [-0.05, 0) is 45.0 Å². The summed E-state index contributed by atoms with van der Waals surface area (Å²) >= 11 is 5.56. The summed E-state index contributed by atoms with van der Waals surface area (Å²) in [6.45, 7) is 1.23. The SMILES string of the molecule is CC(C(=O)NC(=O)NC1CCCC1)N(C)CC(=O)Nc1ccc(Cl)c(C(F)(F)F)c1. The van der Waals surface area contributed by atoms with Gasteiger partial charge in [0, 0.05) is 11.7 Å². The maximum atomic E-state index is 12.9. The Morgan fingerprint density at radius 3 is 2.47 bits per heavy atom. The van der Waals surface area contributed by atoms with Gasteiger partial charge in [0.05, 0.1) is 23.2 Å². The van der Waals surface area contributed by atoms with E-state index >= 15 is 0 Å². The molecule has 4 amide bonds. The van der Waals surface area contributed by atoms with Crippen LogP contribution in [0.15, 0.2) is 18.2 Å². The number of hydrogen-bond donors (Lipinski definition) is 3. The van der Waals surface area contributed by atoms with Gasteiger partial charge in [-0.2, -0.15) is 13.2 Å². The second kappa shape index (κ2) is 10.1. The fourth-order valence-corrected chi connectivity index (χ4v) is 3.32. The van der Waals surface area contributed by atoms with Crippen LogP contribution in [0.1, 0.15) is 38.2 Å². The van der Waals surface area contributed by atoms with Crippen LogP contribution in [-0.4, -0.2) is 48.4 Å². The molecule has 0 bridgehead atoms. The minimum Gasteiger partial charge on any atom is -0.335 e. The van der Waals surface area contributed by atoms with Crippen LogP contribution in [0, 0.1) is 0 Å². The first kappa shape index (κ1) is 23.9. The molecular formula is C19H24ClF3N4O3. The van der Waals surface area contributed by atoms with Gasteiger partial charge in [0.1, 0.15) is 0 Å². The summed E-state index contributed by atoms with van der Waals surface area (Å²) in [5, 5.41) is 6.84. The topological polar surface area (TPSA) is 90.5 Å². The van der Waals surface area contributed by atoms with Crippen molar-refractivity contribution in [3.63, 3.8) is 0 Å². The average molecular weight is 449 g/mol. The normalized spacial score (nSPS) is 15.7. The van der Waals surface area contributed by atoms with Gasteiger partial charge in [0.25, 0.3) is 0 Å². The van der Waals surface area contributed by atoms with E-state index in [1.54, 1.807) is 0 Å². The van der Waals surface area contributed by atoms with Crippen molar-refractivity contribution < 1.29 is 27.6 Å². The molecule has 0 heterocycles. The zero-order chi connectivity index (χ0) is 22.5. The van der Waals surface area contributed by atoms with Crippen molar-refractivity contribution in [1.82, 2.24) is 15.5 Å². The molecule has 1 aliphatic rings. The molecular weight excluding hydrogens is 425 g/mol. The quantitative estimate of drug-likeness (QED) is 0.622. The number of anilines is 1. The molecule has 1 saturated carbocycles. The van der Waals surface area contributed by atoms with Crippen molar-refractivity contribution in [2.75, 3.05) is 18.9 Å². The van der Waals surface area contributed by atoms with Crippen LogP contribution in [0.2, 0.25) is 5.02 Å². The van der Waals surface area contributed by atoms with Crippen molar-refractivity contribution in [2.24, 2.45) is 0 Å². The van der Waals surface area contributed by atoms with Gasteiger partial charge in [-0.15, -0.1) is 0 Å². The molecule has 2 rings (SSSR count). The fourth-order valence-electron chi connectivity index (χ4n) is 3.09. The number of imide groups is 1. The van der Waals surface area contributed by atoms with E-state index < -0.39 is 40.6 Å². The Labute approximate surface area is 177 Å². The van der Waals surface area contributed by atoms with Gasteiger partial charge in [-0.25, -0.2) is 4.79 Å². The highest BCUT2D eigenvalue weighted by Gasteiger charge is 2.33. The molecule has 1 aromatic carbocycles. The third-order valence-electron chi connectivity index (χ3n) is 4.92. The molecule has 11 heteroatoms. The third kappa shape index (κ3) is 6.88. The molecule has 3 N–H and O–H groups in total. The van der Waals surface area contributed by atoms with Crippen molar-refractivity contribution in [3.8, 4) is 0 Å². The van der Waals surface area contributed by atoms with E-state index in [2.05, 4.69) is 16.0 Å². The molecule has 0 radical (unpaired) electrons. The van der Waals surface area contributed by atoms with Gasteiger partial charge in [-0.1, -0.05) is 24.4 Å². The molecule has 1 aromatic rings. The van der Waals surface area contributed by atoms with Crippen molar-refractivity contribution in [2.45, 2.75) is 50.9 Å². The minimum atomic E-state index is -4.65. The van der Waals surface area contributed by atoms with Gasteiger partial charge in [0.2, 0.25) is 11.8 Å². The van der Waals surface area contributed by atoms with Crippen molar-refractivity contribution in [3.05, 3.63) is 28.8 Å². The van der Waals surface area contributed by atoms with E-state index in [0.29, 0.717) is 0 Å². The molecule has 1 aliphatic carbocycles. The zero-order valence-electron chi connectivity index (χ0n) is 16.6. The number of alkyl halides is 3. The Morgan fingerprint density at radius 1 is 1.23 bits per heavy atom. The highest BCUT2D eigenvalue weighted by atomic mass is 35.5. The van der Waals surface area contributed by atoms with Crippen LogP contribution in [0.3, 0.4) is 0 Å². The molecule has 1 unspecified atom stereocenters. The lowest BCUT2D eigenvalue weighted by Crippen LogP contribution is -2.51. The number of likely N-dealkylation sites (N-methyl/N-ethyl adjacent to an activating group) is 1. The van der Waals surface area contributed by atoms with Gasteiger partial charge in [-0.3, -0.25) is 19.8 Å². The Hall–Kier alpha value is -2.33. The molecule has 1 atom stereocenters. The van der Waals surface area contributed by atoms with Crippen LogP contribution in [0.25, 0.3) is 0 Å². The third-order valence-corrected chi connectivity index (χ3v) is 5.25. The number of nitrogens with one attached hydrogen (secondary N) is 3. The Kier molecular flexibility index (Phi) is 8.08. The standard InChI is InChI=1S/C19H24ClF3N4O3/c1-11(17(29)26-18(30)25-12-5-3-4-6-12)27(2)10-16(28)24-13-7-8-15(20)14(9-13)19(21,22)23/h7-9,11-12H,3-6,10H2,1-2H3,(H,24,28)(H2,25,26,29,30). The molecule has 0 aliphatic heterocycles. The van der Waals surface area contributed by atoms with E-state index in [4.69, 9.17) is 11.6 Å². The van der Waals surface area contributed by atoms with E-state index in [1.807, 2.05) is 0 Å². The predicted molar refractivity (Wildman–Crippen MR) is 106 cm³/mol. The number of amides is 4. The Morgan fingerprint density at radius 2 is 1.87 bits per heavy atom. The van der Waals surface area contributed by atoms with E-state index in [0.717, 1.165) is 37.8 Å². The number of rotatable bonds is 6. The minimum absolute atomic E-state index is 0.0533. The fraction of sp³-hybridized carbons (Fsp3) is 0.526. The first-order chi connectivity index (χ1) is 14.0. The number of benzene rings is 1. The van der Waals surface area contributed by atoms with Crippen LogP contribution < -0.4 is 16.0 Å². The first-order valence-corrected chi connectivity index (χ1v) is 9.83. The summed E-state index contributed by atoms with van der Waals surface area (Å²) in [4.78, 5) is 37.7. The average Bonchev–Trinajstić information content (AvgIpc) is 3.14. The monoisotopic (exact) mass is 448 g/mol. The second-order valence-corrected chi connectivity index (χ2v) is 7.68. The zero-order valence-corrected chi connectivity index (χ0v) is 17.4. The lowest BCUT2D eigenvalue weighted by molar-refractivity contribution is -0.137. The Balaban J connectivity index is 1.87. The highest BCUT2D eigenvalue weighted by molar-refractivity contribution is 6.31. The smallest absolute Gasteiger partial charge is 0.335 e. The second-order valence-electron chi connectivity index (χ2n) is 7.28. The number of halogens is 4. The summed E-state index contributed by atoms with van der Waals surface area (Å²) in [6.07, 6.45) is -0.841. The summed E-state index contributed by atoms with van der Waals surface area (Å²) in [5.74, 6) is -1.21. The molecule has 7 nitrogen and oxygen atoms in total. The van der Waals surface area contributed by atoms with Gasteiger partial charge < -0.3 is 10.6 Å². The number of nitrogens with zero attached hydrogens (tertiary/aromatic N) is 1. The van der Waals surface area contributed by atoms with Crippen LogP contribution in [0.5, 0.6) is 0 Å². The summed E-state index contributed by atoms with van der Waals surface area (Å²) < 4.78 is 38.8. The molecule has 166 valence electrons. The highest BCUT2D eigenvalue weighted by Crippen LogP contribution is 2.36. The molecule has 0 spiro atoms. The van der Waals surface area contributed by atoms with E-state index in [-0.39, 0.29) is 18.3 Å². The molecule has 1 fully saturated rings. The molecule has 0 saturated heterocycles. The number of carbonyl (C=O) groups is 3. The maximum absolute atomic E-state index is 12.9. The van der Waals surface area contributed by atoms with Crippen LogP contribution in [-0.2, 0) is 15.8 Å². The number of carbonyl (C=O) groups excluding carboxylic acids is 3. The number of hydrogen-bond acceptors (Lipinski definition) is 4. The Bertz CT molecular complexity index is 798. The summed E-state index contributed by atoms with van der Waals surface area (Å²) in [6, 6.07) is 1.68. The largest absolute Gasteiger partial charge is 0.417 e. The van der Waals surface area contributed by atoms with Gasteiger partial charge in [0.15, 0.2) is 0 Å². The van der Waals surface area contributed by atoms with Gasteiger partial charge >= 0.3 is 12.2 Å². The number of urea groups is 1. The maximum Gasteiger partial charge on any atom is 0.417 e.